The fourth-order valence-corrected chi connectivity index (χ4v) is 2.65. The number of hydrogen-bond donors (Lipinski definition) is 2. The minimum absolute atomic E-state index is 0.135. The van der Waals surface area contributed by atoms with Gasteiger partial charge < -0.3 is 19.8 Å². The molecule has 0 spiro atoms. The summed E-state index contributed by atoms with van der Waals surface area (Å²) in [4.78, 5) is 20.1. The maximum absolute atomic E-state index is 12.4. The van der Waals surface area contributed by atoms with Crippen molar-refractivity contribution in [3.05, 3.63) is 53.3 Å². The molecule has 1 amide bonds. The van der Waals surface area contributed by atoms with E-state index in [1.165, 1.54) is 0 Å². The first-order valence-electron chi connectivity index (χ1n) is 8.12. The minimum atomic E-state index is -0.135. The average molecular weight is 339 g/mol. The van der Waals surface area contributed by atoms with Gasteiger partial charge in [0.1, 0.15) is 5.82 Å². The molecule has 2 N–H and O–H groups in total. The fraction of sp³-hybridized carbons (Fsp3) is 0.263. The van der Waals surface area contributed by atoms with Crippen LogP contribution in [-0.2, 0) is 13.0 Å². The van der Waals surface area contributed by atoms with E-state index in [1.54, 1.807) is 20.3 Å². The molecule has 25 heavy (non-hydrogen) atoms. The zero-order valence-corrected chi connectivity index (χ0v) is 14.6. The highest BCUT2D eigenvalue weighted by atomic mass is 16.5. The van der Waals surface area contributed by atoms with Crippen molar-refractivity contribution in [1.29, 1.82) is 0 Å². The first-order valence-corrected chi connectivity index (χ1v) is 8.12. The molecule has 0 saturated carbocycles. The maximum Gasteiger partial charge on any atom is 0.251 e. The Morgan fingerprint density at radius 1 is 1.12 bits per heavy atom. The zero-order valence-electron chi connectivity index (χ0n) is 14.6. The Balaban J connectivity index is 1.72. The number of amides is 1. The number of aryl methyl sites for hydroxylation is 1. The highest BCUT2D eigenvalue weighted by molar-refractivity contribution is 5.97. The van der Waals surface area contributed by atoms with Crippen molar-refractivity contribution >= 4 is 16.9 Å². The third-order valence-electron chi connectivity index (χ3n) is 4.03. The number of carbonyl (C=O) groups is 1. The Morgan fingerprint density at radius 2 is 1.92 bits per heavy atom. The molecule has 0 saturated heterocycles. The van der Waals surface area contributed by atoms with Crippen LogP contribution in [0.5, 0.6) is 11.5 Å². The number of methoxy groups -OCH3 is 2. The van der Waals surface area contributed by atoms with E-state index in [2.05, 4.69) is 15.3 Å². The molecule has 3 aromatic rings. The number of aromatic amines is 1. The van der Waals surface area contributed by atoms with Crippen molar-refractivity contribution in [3.63, 3.8) is 0 Å². The van der Waals surface area contributed by atoms with E-state index >= 15 is 0 Å². The van der Waals surface area contributed by atoms with E-state index in [-0.39, 0.29) is 5.91 Å². The summed E-state index contributed by atoms with van der Waals surface area (Å²) in [6, 6.07) is 11.0. The molecule has 3 rings (SSSR count). The maximum atomic E-state index is 12.4. The van der Waals surface area contributed by atoms with E-state index in [4.69, 9.17) is 9.47 Å². The lowest BCUT2D eigenvalue weighted by Crippen LogP contribution is -2.22. The van der Waals surface area contributed by atoms with Gasteiger partial charge in [0.05, 0.1) is 25.3 Å². The van der Waals surface area contributed by atoms with Gasteiger partial charge in [-0.25, -0.2) is 4.98 Å². The minimum Gasteiger partial charge on any atom is -0.493 e. The lowest BCUT2D eigenvalue weighted by atomic mass is 10.1. The number of nitrogens with one attached hydrogen (secondary N) is 2. The third-order valence-corrected chi connectivity index (χ3v) is 4.03. The molecule has 6 nitrogen and oxygen atoms in total. The molecule has 0 aliphatic carbocycles. The molecule has 130 valence electrons. The van der Waals surface area contributed by atoms with Gasteiger partial charge >= 0.3 is 0 Å². The van der Waals surface area contributed by atoms with E-state index in [0.29, 0.717) is 23.6 Å². The van der Waals surface area contributed by atoms with Crippen LogP contribution in [0.2, 0.25) is 0 Å². The highest BCUT2D eigenvalue weighted by Crippen LogP contribution is 2.27. The average Bonchev–Trinajstić information content (AvgIpc) is 3.08. The topological polar surface area (TPSA) is 76.2 Å². The van der Waals surface area contributed by atoms with Crippen LogP contribution in [0.3, 0.4) is 0 Å². The summed E-state index contributed by atoms with van der Waals surface area (Å²) in [7, 11) is 3.18. The number of ether oxygens (including phenoxy) is 2. The Morgan fingerprint density at radius 3 is 2.64 bits per heavy atom. The number of fused-ring (bicyclic) bond motifs is 1. The summed E-state index contributed by atoms with van der Waals surface area (Å²) in [6.45, 7) is 2.44. The first-order chi connectivity index (χ1) is 12.1. The molecule has 0 bridgehead atoms. The molecule has 0 radical (unpaired) electrons. The van der Waals surface area contributed by atoms with E-state index in [0.717, 1.165) is 28.8 Å². The van der Waals surface area contributed by atoms with Crippen LogP contribution in [0.15, 0.2) is 36.4 Å². The fourth-order valence-electron chi connectivity index (χ4n) is 2.65. The van der Waals surface area contributed by atoms with Gasteiger partial charge in [-0.1, -0.05) is 13.0 Å². The van der Waals surface area contributed by atoms with E-state index < -0.39 is 0 Å². The number of benzene rings is 2. The number of nitrogens with zero attached hydrogens (tertiary/aromatic N) is 1. The first kappa shape index (κ1) is 16.8. The lowest BCUT2D eigenvalue weighted by Gasteiger charge is -2.10. The number of carbonyl (C=O) groups excluding carboxylic acids is 1. The van der Waals surface area contributed by atoms with Crippen LogP contribution < -0.4 is 14.8 Å². The van der Waals surface area contributed by atoms with Gasteiger partial charge in [-0.15, -0.1) is 0 Å². The Kier molecular flexibility index (Phi) is 4.88. The van der Waals surface area contributed by atoms with Gasteiger partial charge in [0.15, 0.2) is 11.5 Å². The van der Waals surface area contributed by atoms with Crippen LogP contribution >= 0.6 is 0 Å². The number of rotatable bonds is 6. The SMILES string of the molecule is CCc1nc2ccc(C(=O)NCc3ccc(OC)c(OC)c3)cc2[nH]1. The molecule has 0 aliphatic heterocycles. The monoisotopic (exact) mass is 339 g/mol. The predicted molar refractivity (Wildman–Crippen MR) is 96.2 cm³/mol. The number of hydrogen-bond acceptors (Lipinski definition) is 4. The van der Waals surface area contributed by atoms with E-state index in [1.807, 2.05) is 37.3 Å². The van der Waals surface area contributed by atoms with Gasteiger partial charge in [0.25, 0.3) is 5.91 Å². The second-order valence-corrected chi connectivity index (χ2v) is 5.64. The highest BCUT2D eigenvalue weighted by Gasteiger charge is 2.10. The van der Waals surface area contributed by atoms with Crippen molar-refractivity contribution < 1.29 is 14.3 Å². The van der Waals surface area contributed by atoms with Crippen molar-refractivity contribution in [1.82, 2.24) is 15.3 Å². The molecule has 1 heterocycles. The van der Waals surface area contributed by atoms with Gasteiger partial charge in [0, 0.05) is 18.5 Å². The Bertz CT molecular complexity index is 902. The van der Waals surface area contributed by atoms with Gasteiger partial charge in [0.2, 0.25) is 0 Å². The van der Waals surface area contributed by atoms with Crippen molar-refractivity contribution in [2.24, 2.45) is 0 Å². The smallest absolute Gasteiger partial charge is 0.251 e. The predicted octanol–water partition coefficient (Wildman–Crippen LogP) is 3.07. The molecule has 0 fully saturated rings. The van der Waals surface area contributed by atoms with Crippen LogP contribution in [0.4, 0.5) is 0 Å². The molecule has 6 heteroatoms. The number of imidazole rings is 1. The third kappa shape index (κ3) is 3.57. The second-order valence-electron chi connectivity index (χ2n) is 5.64. The van der Waals surface area contributed by atoms with Crippen LogP contribution in [0.1, 0.15) is 28.7 Å². The summed E-state index contributed by atoms with van der Waals surface area (Å²) < 4.78 is 10.5. The lowest BCUT2D eigenvalue weighted by molar-refractivity contribution is 0.0951. The molecular weight excluding hydrogens is 318 g/mol. The van der Waals surface area contributed by atoms with Gasteiger partial charge in [-0.05, 0) is 35.9 Å². The summed E-state index contributed by atoms with van der Waals surface area (Å²) >= 11 is 0. The van der Waals surface area contributed by atoms with Crippen LogP contribution in [0, 0.1) is 0 Å². The standard InChI is InChI=1S/C19H21N3O3/c1-4-18-21-14-7-6-13(10-15(14)22-18)19(23)20-11-12-5-8-16(24-2)17(9-12)25-3/h5-10H,4,11H2,1-3H3,(H,20,23)(H,21,22). The zero-order chi connectivity index (χ0) is 17.8. The molecule has 0 unspecified atom stereocenters. The Hall–Kier alpha value is -3.02. The number of aromatic nitrogens is 2. The van der Waals surface area contributed by atoms with Gasteiger partial charge in [-0.3, -0.25) is 4.79 Å². The molecular formula is C19H21N3O3. The summed E-state index contributed by atoms with van der Waals surface area (Å²) in [5.41, 5.74) is 3.27. The van der Waals surface area contributed by atoms with Crippen LogP contribution in [-0.4, -0.2) is 30.1 Å². The van der Waals surface area contributed by atoms with Crippen molar-refractivity contribution in [2.75, 3.05) is 14.2 Å². The molecule has 0 atom stereocenters. The molecule has 1 aromatic heterocycles. The summed E-state index contributed by atoms with van der Waals surface area (Å²) in [5.74, 6) is 2.08. The largest absolute Gasteiger partial charge is 0.493 e. The summed E-state index contributed by atoms with van der Waals surface area (Å²) in [6.07, 6.45) is 0.829. The second kappa shape index (κ2) is 7.25. The normalized spacial score (nSPS) is 10.7. The number of H-pyrrole nitrogens is 1. The molecule has 2 aromatic carbocycles. The molecule has 0 aliphatic rings. The van der Waals surface area contributed by atoms with Crippen LogP contribution in [0.25, 0.3) is 11.0 Å². The summed E-state index contributed by atoms with van der Waals surface area (Å²) in [5, 5.41) is 2.92. The van der Waals surface area contributed by atoms with Gasteiger partial charge in [-0.2, -0.15) is 0 Å². The van der Waals surface area contributed by atoms with E-state index in [9.17, 15) is 4.79 Å². The quantitative estimate of drug-likeness (QED) is 0.724. The van der Waals surface area contributed by atoms with Crippen molar-refractivity contribution in [2.45, 2.75) is 19.9 Å². The van der Waals surface area contributed by atoms with Crippen molar-refractivity contribution in [3.8, 4) is 11.5 Å². The Labute approximate surface area is 146 Å².